The topological polar surface area (TPSA) is 70.7 Å². The number of nitrogens with one attached hydrogen (secondary N) is 1. The highest BCUT2D eigenvalue weighted by Gasteiger charge is 2.39. The van der Waals surface area contributed by atoms with Crippen LogP contribution in [0, 0.1) is 5.82 Å². The summed E-state index contributed by atoms with van der Waals surface area (Å²) in [5.41, 5.74) is 6.46. The van der Waals surface area contributed by atoms with E-state index in [1.54, 1.807) is 6.07 Å². The van der Waals surface area contributed by atoms with Crippen molar-refractivity contribution in [2.45, 2.75) is 18.5 Å². The van der Waals surface area contributed by atoms with Gasteiger partial charge in [-0.05, 0) is 23.6 Å². The first kappa shape index (κ1) is 15.1. The van der Waals surface area contributed by atoms with Gasteiger partial charge < -0.3 is 16.0 Å². The molecule has 5 nitrogen and oxygen atoms in total. The van der Waals surface area contributed by atoms with E-state index in [1.807, 2.05) is 28.5 Å². The van der Waals surface area contributed by atoms with Crippen LogP contribution in [0.2, 0.25) is 0 Å². The first-order chi connectivity index (χ1) is 11.6. The molecule has 1 aromatic carbocycles. The molecule has 0 unspecified atom stereocenters. The number of carbonyl (C=O) groups excluding carboxylic acids is 1. The smallest absolute Gasteiger partial charge is 0.263 e. The van der Waals surface area contributed by atoms with Gasteiger partial charge in [-0.3, -0.25) is 4.79 Å². The summed E-state index contributed by atoms with van der Waals surface area (Å²) in [6.45, 7) is 1.18. The van der Waals surface area contributed by atoms with E-state index in [4.69, 9.17) is 5.73 Å². The maximum atomic E-state index is 13.9. The molecule has 1 spiro atoms. The second-order valence-electron chi connectivity index (χ2n) is 6.09. The summed E-state index contributed by atoms with van der Waals surface area (Å²) in [5, 5.41) is 5.24. The fraction of sp³-hybridized carbons (Fsp3) is 0.294. The maximum absolute atomic E-state index is 13.9. The number of thiophene rings is 1. The second kappa shape index (κ2) is 5.59. The molecule has 1 aromatic heterocycles. The van der Waals surface area contributed by atoms with E-state index < -0.39 is 5.66 Å². The molecule has 2 aromatic rings. The summed E-state index contributed by atoms with van der Waals surface area (Å²) in [4.78, 5) is 19.6. The number of hydrogen-bond acceptors (Lipinski definition) is 5. The van der Waals surface area contributed by atoms with Crippen molar-refractivity contribution in [3.05, 3.63) is 52.0 Å². The number of halogens is 1. The quantitative estimate of drug-likeness (QED) is 0.835. The van der Waals surface area contributed by atoms with Gasteiger partial charge in [-0.25, -0.2) is 9.38 Å². The van der Waals surface area contributed by atoms with Crippen molar-refractivity contribution in [2.75, 3.05) is 18.4 Å². The zero-order valence-electron chi connectivity index (χ0n) is 13.0. The van der Waals surface area contributed by atoms with Crippen LogP contribution in [0.1, 0.15) is 28.1 Å². The van der Waals surface area contributed by atoms with Crippen LogP contribution in [-0.4, -0.2) is 35.4 Å². The number of anilines is 1. The summed E-state index contributed by atoms with van der Waals surface area (Å²) in [6, 6.07) is 8.56. The number of hydrogen-bond donors (Lipinski definition) is 2. The average Bonchev–Trinajstić information content (AvgIpc) is 3.09. The SMILES string of the molecule is NC1=NC2(CCN(C(=O)c3cccs3)CC2)Nc2cccc(F)c21. The summed E-state index contributed by atoms with van der Waals surface area (Å²) in [7, 11) is 0. The minimum absolute atomic E-state index is 0.0547. The monoisotopic (exact) mass is 344 g/mol. The summed E-state index contributed by atoms with van der Waals surface area (Å²) in [5.74, 6) is -0.0969. The number of nitrogens with two attached hydrogens (primary N) is 1. The molecule has 24 heavy (non-hydrogen) atoms. The second-order valence-corrected chi connectivity index (χ2v) is 7.03. The Balaban J connectivity index is 1.54. The standard InChI is InChI=1S/C17H17FN4OS/c18-11-3-1-4-12-14(11)15(19)21-17(20-12)6-8-22(9-7-17)16(23)13-5-2-10-24-13/h1-5,10,20H,6-9H2,(H2,19,21). The molecule has 0 atom stereocenters. The van der Waals surface area contributed by atoms with Crippen LogP contribution in [-0.2, 0) is 0 Å². The third-order valence-corrected chi connectivity index (χ3v) is 5.44. The fourth-order valence-electron chi connectivity index (χ4n) is 3.33. The molecule has 1 fully saturated rings. The van der Waals surface area contributed by atoms with Crippen LogP contribution in [0.5, 0.6) is 0 Å². The summed E-state index contributed by atoms with van der Waals surface area (Å²) in [6.07, 6.45) is 1.28. The van der Waals surface area contributed by atoms with E-state index >= 15 is 0 Å². The molecular weight excluding hydrogens is 327 g/mol. The highest BCUT2D eigenvalue weighted by molar-refractivity contribution is 7.12. The Hall–Kier alpha value is -2.41. The van der Waals surface area contributed by atoms with Gasteiger partial charge in [0.1, 0.15) is 17.3 Å². The summed E-state index contributed by atoms with van der Waals surface area (Å²) >= 11 is 1.45. The number of carbonyl (C=O) groups is 1. The van der Waals surface area contributed by atoms with E-state index in [0.717, 1.165) is 4.88 Å². The Morgan fingerprint density at radius 2 is 2.08 bits per heavy atom. The van der Waals surface area contributed by atoms with Crippen molar-refractivity contribution >= 4 is 28.8 Å². The lowest BCUT2D eigenvalue weighted by Crippen LogP contribution is -2.52. The van der Waals surface area contributed by atoms with Crippen molar-refractivity contribution in [3.8, 4) is 0 Å². The Kier molecular flexibility index (Phi) is 3.53. The van der Waals surface area contributed by atoms with Gasteiger partial charge in [-0.2, -0.15) is 0 Å². The van der Waals surface area contributed by atoms with Crippen LogP contribution in [0.3, 0.4) is 0 Å². The van der Waals surface area contributed by atoms with Gasteiger partial charge in [-0.15, -0.1) is 11.3 Å². The predicted octanol–water partition coefficient (Wildman–Crippen LogP) is 2.65. The van der Waals surface area contributed by atoms with Gasteiger partial charge in [0.2, 0.25) is 0 Å². The molecule has 3 N–H and O–H groups in total. The highest BCUT2D eigenvalue weighted by Crippen LogP contribution is 2.35. The van der Waals surface area contributed by atoms with Crippen molar-refractivity contribution in [2.24, 2.45) is 10.7 Å². The molecule has 0 radical (unpaired) electrons. The number of rotatable bonds is 1. The number of aliphatic imine (C=N–C) groups is 1. The molecule has 7 heteroatoms. The molecule has 0 aliphatic carbocycles. The maximum Gasteiger partial charge on any atom is 0.263 e. The molecule has 2 aliphatic heterocycles. The highest BCUT2D eigenvalue weighted by atomic mass is 32.1. The van der Waals surface area contributed by atoms with Gasteiger partial charge in [0.15, 0.2) is 0 Å². The number of benzene rings is 1. The average molecular weight is 344 g/mol. The lowest BCUT2D eigenvalue weighted by molar-refractivity contribution is 0.0690. The number of piperidine rings is 1. The fourth-order valence-corrected chi connectivity index (χ4v) is 4.02. The zero-order valence-corrected chi connectivity index (χ0v) is 13.8. The number of likely N-dealkylation sites (tertiary alicyclic amines) is 1. The number of amidine groups is 1. The van der Waals surface area contributed by atoms with E-state index in [9.17, 15) is 9.18 Å². The van der Waals surface area contributed by atoms with Crippen molar-refractivity contribution < 1.29 is 9.18 Å². The third kappa shape index (κ3) is 2.45. The Bertz CT molecular complexity index is 810. The minimum atomic E-state index is -0.558. The zero-order chi connectivity index (χ0) is 16.7. The van der Waals surface area contributed by atoms with E-state index in [-0.39, 0.29) is 17.6 Å². The Labute approximate surface area is 143 Å². The van der Waals surface area contributed by atoms with Crippen LogP contribution < -0.4 is 11.1 Å². The molecule has 1 amide bonds. The Morgan fingerprint density at radius 1 is 1.29 bits per heavy atom. The van der Waals surface area contributed by atoms with Crippen LogP contribution in [0.4, 0.5) is 10.1 Å². The van der Waals surface area contributed by atoms with Crippen molar-refractivity contribution in [3.63, 3.8) is 0 Å². The molecule has 3 heterocycles. The predicted molar refractivity (Wildman–Crippen MR) is 92.9 cm³/mol. The van der Waals surface area contributed by atoms with Crippen LogP contribution in [0.15, 0.2) is 40.7 Å². The van der Waals surface area contributed by atoms with E-state index in [1.165, 1.54) is 17.4 Å². The minimum Gasteiger partial charge on any atom is -0.383 e. The van der Waals surface area contributed by atoms with Crippen LogP contribution in [0.25, 0.3) is 0 Å². The lowest BCUT2D eigenvalue weighted by Gasteiger charge is -2.42. The van der Waals surface area contributed by atoms with Crippen molar-refractivity contribution in [1.82, 2.24) is 4.90 Å². The van der Waals surface area contributed by atoms with Gasteiger partial charge in [-0.1, -0.05) is 12.1 Å². The normalized spacial score (nSPS) is 18.7. The molecule has 0 bridgehead atoms. The number of nitrogens with zero attached hydrogens (tertiary/aromatic N) is 2. The number of fused-ring (bicyclic) bond motifs is 1. The van der Waals surface area contributed by atoms with Gasteiger partial charge >= 0.3 is 0 Å². The molecule has 124 valence electrons. The molecular formula is C17H17FN4OS. The van der Waals surface area contributed by atoms with Crippen LogP contribution >= 0.6 is 11.3 Å². The van der Waals surface area contributed by atoms with E-state index in [2.05, 4.69) is 10.3 Å². The molecule has 2 aliphatic rings. The first-order valence-corrected chi connectivity index (χ1v) is 8.71. The molecule has 4 rings (SSSR count). The summed E-state index contributed by atoms with van der Waals surface area (Å²) < 4.78 is 13.9. The van der Waals surface area contributed by atoms with Crippen molar-refractivity contribution in [1.29, 1.82) is 0 Å². The number of amides is 1. The molecule has 0 saturated carbocycles. The molecule has 1 saturated heterocycles. The first-order valence-electron chi connectivity index (χ1n) is 7.83. The van der Waals surface area contributed by atoms with Gasteiger partial charge in [0, 0.05) is 31.6 Å². The third-order valence-electron chi connectivity index (χ3n) is 4.58. The van der Waals surface area contributed by atoms with E-state index in [0.29, 0.717) is 37.2 Å². The lowest BCUT2D eigenvalue weighted by atomic mass is 9.93. The van der Waals surface area contributed by atoms with Gasteiger partial charge in [0.25, 0.3) is 5.91 Å². The van der Waals surface area contributed by atoms with Gasteiger partial charge in [0.05, 0.1) is 10.4 Å². The Morgan fingerprint density at radius 3 is 2.79 bits per heavy atom. The largest absolute Gasteiger partial charge is 0.383 e.